The largest absolute Gasteiger partial charge is 0.472 e. The first-order valence-electron chi connectivity index (χ1n) is 20.6. The monoisotopic (exact) mass is 771 g/mol. The molecule has 0 aliphatic rings. The first kappa shape index (κ1) is 50.9. The van der Waals surface area contributed by atoms with Gasteiger partial charge in [-0.25, -0.2) is 4.57 Å². The van der Waals surface area contributed by atoms with Gasteiger partial charge in [0.2, 0.25) is 0 Å². The Labute approximate surface area is 322 Å². The molecule has 3 unspecified atom stereocenters. The van der Waals surface area contributed by atoms with E-state index in [0.717, 1.165) is 44.9 Å². The van der Waals surface area contributed by atoms with Gasteiger partial charge in [0, 0.05) is 12.8 Å². The Morgan fingerprint density at radius 2 is 1.02 bits per heavy atom. The molecule has 0 heterocycles. The predicted molar refractivity (Wildman–Crippen MR) is 214 cm³/mol. The third kappa shape index (κ3) is 38.0. The predicted octanol–water partition coefficient (Wildman–Crippen LogP) is 10.6. The first-order chi connectivity index (χ1) is 25.7. The van der Waals surface area contributed by atoms with Gasteiger partial charge in [0.1, 0.15) is 12.7 Å². The summed E-state index contributed by atoms with van der Waals surface area (Å²) in [6, 6.07) is 0. The van der Waals surface area contributed by atoms with Gasteiger partial charge in [-0.05, 0) is 44.9 Å². The van der Waals surface area contributed by atoms with Gasteiger partial charge in [0.05, 0.1) is 19.8 Å². The summed E-state index contributed by atoms with van der Waals surface area (Å²) in [5.74, 6) is -1.02. The molecule has 0 radical (unpaired) electrons. The van der Waals surface area contributed by atoms with Crippen LogP contribution in [0.15, 0.2) is 48.6 Å². The summed E-state index contributed by atoms with van der Waals surface area (Å²) in [6.07, 6.45) is 39.5. The molecule has 0 saturated heterocycles. The molecule has 0 aliphatic carbocycles. The third-order valence-corrected chi connectivity index (χ3v) is 9.45. The summed E-state index contributed by atoms with van der Waals surface area (Å²) in [7, 11) is -4.63. The molecule has 11 heteroatoms. The molecule has 0 rings (SSSR count). The molecule has 10 nitrogen and oxygen atoms in total. The summed E-state index contributed by atoms with van der Waals surface area (Å²) >= 11 is 0. The number of unbranched alkanes of at least 4 members (excludes halogenated alkanes) is 16. The van der Waals surface area contributed by atoms with E-state index in [1.54, 1.807) is 0 Å². The van der Waals surface area contributed by atoms with Crippen LogP contribution in [0.2, 0.25) is 0 Å². The zero-order chi connectivity index (χ0) is 39.1. The number of carbonyl (C=O) groups is 2. The number of rotatable bonds is 38. The van der Waals surface area contributed by atoms with Crippen LogP contribution in [0.25, 0.3) is 0 Å². The number of carbonyl (C=O) groups excluding carboxylic acids is 2. The summed E-state index contributed by atoms with van der Waals surface area (Å²) in [5.41, 5.74) is 0. The third-order valence-electron chi connectivity index (χ3n) is 8.50. The molecule has 0 amide bonds. The molecule has 0 bridgehead atoms. The van der Waals surface area contributed by atoms with Crippen molar-refractivity contribution in [3.8, 4) is 0 Å². The Bertz CT molecular complexity index is 1030. The van der Waals surface area contributed by atoms with Crippen LogP contribution in [0.5, 0.6) is 0 Å². The second kappa shape index (κ2) is 38.2. The maximum Gasteiger partial charge on any atom is 0.472 e. The number of aliphatic hydroxyl groups excluding tert-OH is 2. The van der Waals surface area contributed by atoms with Gasteiger partial charge >= 0.3 is 19.8 Å². The second-order valence-electron chi connectivity index (χ2n) is 13.7. The number of hydrogen-bond donors (Lipinski definition) is 3. The number of esters is 2. The van der Waals surface area contributed by atoms with Crippen molar-refractivity contribution in [2.24, 2.45) is 0 Å². The zero-order valence-electron chi connectivity index (χ0n) is 33.2. The van der Waals surface area contributed by atoms with Crippen LogP contribution in [0.4, 0.5) is 0 Å². The lowest BCUT2D eigenvalue weighted by Crippen LogP contribution is -2.29. The molecule has 0 aromatic carbocycles. The molecule has 308 valence electrons. The standard InChI is InChI=1S/C42H75O10P/c1-3-5-7-9-11-13-15-17-18-19-20-22-24-26-28-30-32-34-42(46)52-40(38-51-53(47,48)50-36-39(44)35-43)37-49-41(45)33-31-29-27-25-23-21-16-14-12-10-8-6-4-2/h13,15,18-19,22,24,28,30,39-40,43-44H,3-12,14,16-17,20-21,23,25-27,29,31-38H2,1-2H3,(H,47,48)/b15-13-,19-18-,24-22-,30-28-. The molecule has 53 heavy (non-hydrogen) atoms. The van der Waals surface area contributed by atoms with Crippen molar-refractivity contribution in [2.45, 2.75) is 180 Å². The fourth-order valence-electron chi connectivity index (χ4n) is 5.29. The average Bonchev–Trinajstić information content (AvgIpc) is 3.14. The topological polar surface area (TPSA) is 149 Å². The average molecular weight is 771 g/mol. The molecule has 0 spiro atoms. The van der Waals surface area contributed by atoms with Crippen LogP contribution in [0, 0.1) is 0 Å². The van der Waals surface area contributed by atoms with E-state index < -0.39 is 51.8 Å². The van der Waals surface area contributed by atoms with E-state index in [0.29, 0.717) is 12.8 Å². The van der Waals surface area contributed by atoms with Crippen molar-refractivity contribution in [1.29, 1.82) is 0 Å². The molecule has 0 aliphatic heterocycles. The fraction of sp³-hybridized carbons (Fsp3) is 0.762. The molecule has 3 N–H and O–H groups in total. The Morgan fingerprint density at radius 3 is 1.55 bits per heavy atom. The van der Waals surface area contributed by atoms with E-state index in [1.807, 2.05) is 12.2 Å². The smallest absolute Gasteiger partial charge is 0.462 e. The van der Waals surface area contributed by atoms with Crippen molar-refractivity contribution in [3.05, 3.63) is 48.6 Å². The van der Waals surface area contributed by atoms with E-state index in [1.165, 1.54) is 83.5 Å². The van der Waals surface area contributed by atoms with Crippen molar-refractivity contribution in [1.82, 2.24) is 0 Å². The Kier molecular flexibility index (Phi) is 36.7. The van der Waals surface area contributed by atoms with Gasteiger partial charge < -0.3 is 24.6 Å². The molecule has 3 atom stereocenters. The van der Waals surface area contributed by atoms with E-state index in [4.69, 9.17) is 19.1 Å². The normalized spacial score (nSPS) is 14.4. The minimum Gasteiger partial charge on any atom is -0.462 e. The number of phosphoric ester groups is 1. The second-order valence-corrected chi connectivity index (χ2v) is 15.1. The molecular formula is C42H75O10P. The number of aliphatic hydroxyl groups is 2. The molecule has 0 aromatic rings. The molecule has 0 fully saturated rings. The van der Waals surface area contributed by atoms with Crippen LogP contribution in [0.1, 0.15) is 168 Å². The van der Waals surface area contributed by atoms with Crippen molar-refractivity contribution >= 4 is 19.8 Å². The minimum absolute atomic E-state index is 0.0639. The van der Waals surface area contributed by atoms with Gasteiger partial charge in [0.15, 0.2) is 6.10 Å². The van der Waals surface area contributed by atoms with Crippen LogP contribution in [0.3, 0.4) is 0 Å². The SMILES string of the molecule is CCCCCC/C=C\C/C=C\C/C=C\C/C=C\CCC(=O)OC(COC(=O)CCCCCCCCCCCCCCC)COP(=O)(O)OCC(O)CO. The highest BCUT2D eigenvalue weighted by Crippen LogP contribution is 2.43. The van der Waals surface area contributed by atoms with E-state index in [9.17, 15) is 24.2 Å². The lowest BCUT2D eigenvalue weighted by molar-refractivity contribution is -0.161. The van der Waals surface area contributed by atoms with Crippen LogP contribution in [-0.4, -0.2) is 65.7 Å². The van der Waals surface area contributed by atoms with Crippen molar-refractivity contribution in [3.63, 3.8) is 0 Å². The van der Waals surface area contributed by atoms with Crippen LogP contribution in [-0.2, 0) is 32.7 Å². The highest BCUT2D eigenvalue weighted by Gasteiger charge is 2.27. The highest BCUT2D eigenvalue weighted by atomic mass is 31.2. The minimum atomic E-state index is -4.63. The maximum absolute atomic E-state index is 12.5. The van der Waals surface area contributed by atoms with E-state index >= 15 is 0 Å². The quantitative estimate of drug-likeness (QED) is 0.0240. The van der Waals surface area contributed by atoms with Gasteiger partial charge in [-0.1, -0.05) is 159 Å². The Morgan fingerprint density at radius 1 is 0.566 bits per heavy atom. The summed E-state index contributed by atoms with van der Waals surface area (Å²) < 4.78 is 32.6. The zero-order valence-corrected chi connectivity index (χ0v) is 34.1. The van der Waals surface area contributed by atoms with Gasteiger partial charge in [-0.3, -0.25) is 18.6 Å². The van der Waals surface area contributed by atoms with Crippen molar-refractivity contribution < 1.29 is 47.8 Å². The fourth-order valence-corrected chi connectivity index (χ4v) is 6.08. The van der Waals surface area contributed by atoms with Crippen molar-refractivity contribution in [2.75, 3.05) is 26.4 Å². The van der Waals surface area contributed by atoms with E-state index in [2.05, 4.69) is 54.8 Å². The number of ether oxygens (including phenoxy) is 2. The molecule has 0 saturated carbocycles. The summed E-state index contributed by atoms with van der Waals surface area (Å²) in [5, 5.41) is 18.3. The lowest BCUT2D eigenvalue weighted by Gasteiger charge is -2.20. The van der Waals surface area contributed by atoms with Gasteiger partial charge in [0.25, 0.3) is 0 Å². The van der Waals surface area contributed by atoms with Gasteiger partial charge in [-0.2, -0.15) is 0 Å². The van der Waals surface area contributed by atoms with Crippen LogP contribution < -0.4 is 0 Å². The van der Waals surface area contributed by atoms with Crippen LogP contribution >= 0.6 is 7.82 Å². The molecule has 0 aromatic heterocycles. The maximum atomic E-state index is 12.5. The Hall–Kier alpha value is -2.07. The summed E-state index contributed by atoms with van der Waals surface area (Å²) in [6.45, 7) is 2.27. The van der Waals surface area contributed by atoms with E-state index in [-0.39, 0.29) is 19.4 Å². The Balaban J connectivity index is 4.45. The highest BCUT2D eigenvalue weighted by molar-refractivity contribution is 7.47. The number of hydrogen-bond acceptors (Lipinski definition) is 9. The number of phosphoric acid groups is 1. The summed E-state index contributed by atoms with van der Waals surface area (Å²) in [4.78, 5) is 34.9. The first-order valence-corrected chi connectivity index (χ1v) is 22.1. The lowest BCUT2D eigenvalue weighted by atomic mass is 10.0. The molecular weight excluding hydrogens is 695 g/mol. The van der Waals surface area contributed by atoms with Gasteiger partial charge in [-0.15, -0.1) is 0 Å². The number of allylic oxidation sites excluding steroid dienone is 8.